The van der Waals surface area contributed by atoms with Crippen molar-refractivity contribution in [1.82, 2.24) is 20.0 Å². The summed E-state index contributed by atoms with van der Waals surface area (Å²) in [5.41, 5.74) is -1.25. The molecule has 0 atom stereocenters. The number of H-pyrrole nitrogens is 1. The Kier molecular flexibility index (Phi) is 3.05. The molecule has 2 aromatic rings. The quantitative estimate of drug-likeness (QED) is 0.874. The van der Waals surface area contributed by atoms with Gasteiger partial charge in [0.05, 0.1) is 11.4 Å². The van der Waals surface area contributed by atoms with Gasteiger partial charge in [-0.2, -0.15) is 23.4 Å². The van der Waals surface area contributed by atoms with Gasteiger partial charge in [-0.25, -0.2) is 0 Å². The number of amides is 1. The Morgan fingerprint density at radius 1 is 1.47 bits per heavy atom. The van der Waals surface area contributed by atoms with Crippen LogP contribution in [0.1, 0.15) is 21.9 Å². The van der Waals surface area contributed by atoms with Gasteiger partial charge in [-0.15, -0.1) is 0 Å². The number of nitrogens with zero attached hydrogens (tertiary/aromatic N) is 3. The first-order valence-corrected chi connectivity index (χ1v) is 5.22. The molecule has 0 aliphatic heterocycles. The molecule has 2 aromatic heterocycles. The highest BCUT2D eigenvalue weighted by atomic mass is 19.4. The fourth-order valence-electron chi connectivity index (χ4n) is 1.56. The molecule has 102 valence electrons. The molecule has 19 heavy (non-hydrogen) atoms. The van der Waals surface area contributed by atoms with Crippen molar-refractivity contribution in [1.29, 1.82) is 0 Å². The Bertz CT molecular complexity index is 613. The molecule has 2 heterocycles. The van der Waals surface area contributed by atoms with Gasteiger partial charge in [-0.1, -0.05) is 0 Å². The highest BCUT2D eigenvalue weighted by Crippen LogP contribution is 2.34. The van der Waals surface area contributed by atoms with Gasteiger partial charge in [0.25, 0.3) is 5.91 Å². The summed E-state index contributed by atoms with van der Waals surface area (Å²) in [5, 5.41) is 11.3. The van der Waals surface area contributed by atoms with E-state index in [1.54, 1.807) is 0 Å². The molecule has 0 aliphatic carbocycles. The first-order chi connectivity index (χ1) is 8.80. The lowest BCUT2D eigenvalue weighted by Crippen LogP contribution is -2.19. The molecule has 1 amide bonds. The molecule has 0 aromatic carbocycles. The molecule has 0 bridgehead atoms. The monoisotopic (exact) mass is 273 g/mol. The Morgan fingerprint density at radius 3 is 2.68 bits per heavy atom. The molecule has 0 fully saturated rings. The number of aromatic amines is 1. The van der Waals surface area contributed by atoms with E-state index in [4.69, 9.17) is 0 Å². The third-order valence-electron chi connectivity index (χ3n) is 2.51. The summed E-state index contributed by atoms with van der Waals surface area (Å²) in [7, 11) is 1.52. The smallest absolute Gasteiger partial charge is 0.317 e. The third-order valence-corrected chi connectivity index (χ3v) is 2.51. The van der Waals surface area contributed by atoms with Crippen LogP contribution in [0.5, 0.6) is 0 Å². The fraction of sp³-hybridized carbons (Fsp3) is 0.300. The van der Waals surface area contributed by atoms with E-state index in [0.717, 1.165) is 0 Å². The molecule has 0 radical (unpaired) electrons. The zero-order chi connectivity index (χ0) is 14.2. The van der Waals surface area contributed by atoms with Crippen LogP contribution < -0.4 is 5.32 Å². The fourth-order valence-corrected chi connectivity index (χ4v) is 1.56. The minimum atomic E-state index is -4.64. The van der Waals surface area contributed by atoms with E-state index in [9.17, 15) is 18.0 Å². The Labute approximate surface area is 105 Å². The highest BCUT2D eigenvalue weighted by molar-refractivity contribution is 6.03. The van der Waals surface area contributed by atoms with Crippen LogP contribution in [0.4, 0.5) is 18.9 Å². The van der Waals surface area contributed by atoms with Crippen molar-refractivity contribution in [2.45, 2.75) is 13.1 Å². The van der Waals surface area contributed by atoms with Crippen molar-refractivity contribution in [3.63, 3.8) is 0 Å². The zero-order valence-corrected chi connectivity index (χ0v) is 10.0. The maximum absolute atomic E-state index is 12.7. The van der Waals surface area contributed by atoms with Gasteiger partial charge in [-0.05, 0) is 13.0 Å². The van der Waals surface area contributed by atoms with Crippen molar-refractivity contribution >= 4 is 11.6 Å². The van der Waals surface area contributed by atoms with Crippen LogP contribution in [0.15, 0.2) is 12.3 Å². The molecular formula is C10H10F3N5O. The van der Waals surface area contributed by atoms with Gasteiger partial charge in [0.15, 0.2) is 5.69 Å². The summed E-state index contributed by atoms with van der Waals surface area (Å²) in [6.45, 7) is 1.39. The Balaban J connectivity index is 2.32. The van der Waals surface area contributed by atoms with Crippen LogP contribution in [0.25, 0.3) is 0 Å². The number of anilines is 1. The first kappa shape index (κ1) is 13.1. The van der Waals surface area contributed by atoms with E-state index >= 15 is 0 Å². The first-order valence-electron chi connectivity index (χ1n) is 5.22. The number of hydrogen-bond acceptors (Lipinski definition) is 3. The lowest BCUT2D eigenvalue weighted by Gasteiger charge is -2.08. The second-order valence-electron chi connectivity index (χ2n) is 3.86. The number of rotatable bonds is 2. The largest absolute Gasteiger partial charge is 0.437 e. The summed E-state index contributed by atoms with van der Waals surface area (Å²) in [6.07, 6.45) is -3.26. The van der Waals surface area contributed by atoms with Crippen molar-refractivity contribution in [2.24, 2.45) is 7.05 Å². The van der Waals surface area contributed by atoms with Gasteiger partial charge in [0.2, 0.25) is 0 Å². The Hall–Kier alpha value is -2.32. The van der Waals surface area contributed by atoms with Gasteiger partial charge in [0.1, 0.15) is 5.69 Å². The average Bonchev–Trinajstić information content (AvgIpc) is 2.85. The van der Waals surface area contributed by atoms with Gasteiger partial charge in [0, 0.05) is 13.2 Å². The van der Waals surface area contributed by atoms with Gasteiger partial charge < -0.3 is 5.32 Å². The molecule has 6 nitrogen and oxygen atoms in total. The summed E-state index contributed by atoms with van der Waals surface area (Å²) >= 11 is 0. The second kappa shape index (κ2) is 4.41. The molecule has 2 rings (SSSR count). The summed E-state index contributed by atoms with van der Waals surface area (Å²) in [6, 6.07) is 1.40. The molecule has 2 N–H and O–H groups in total. The predicted octanol–water partition coefficient (Wildman–Crippen LogP) is 1.72. The lowest BCUT2D eigenvalue weighted by molar-refractivity contribution is -0.140. The van der Waals surface area contributed by atoms with Crippen LogP contribution in [0.2, 0.25) is 0 Å². The van der Waals surface area contributed by atoms with E-state index in [0.29, 0.717) is 0 Å². The van der Waals surface area contributed by atoms with E-state index in [1.165, 1.54) is 30.9 Å². The molecule has 0 saturated heterocycles. The molecular weight excluding hydrogens is 263 g/mol. The van der Waals surface area contributed by atoms with Crippen molar-refractivity contribution in [2.75, 3.05) is 5.32 Å². The number of carbonyl (C=O) groups is 1. The standard InChI is InChI=1S/C10H10F3N5O/c1-5-7(8(17-16-5)10(11,12)13)15-9(19)6-3-4-14-18(6)2/h3-4H,1-2H3,(H,15,19)(H,16,17). The summed E-state index contributed by atoms with van der Waals surface area (Å²) in [4.78, 5) is 11.8. The van der Waals surface area contributed by atoms with Crippen molar-refractivity contribution < 1.29 is 18.0 Å². The van der Waals surface area contributed by atoms with E-state index in [1.807, 2.05) is 0 Å². The summed E-state index contributed by atoms with van der Waals surface area (Å²) in [5.74, 6) is -0.685. The van der Waals surface area contributed by atoms with Crippen LogP contribution in [-0.4, -0.2) is 25.9 Å². The average molecular weight is 273 g/mol. The number of aromatic nitrogens is 4. The molecule has 0 unspecified atom stereocenters. The highest BCUT2D eigenvalue weighted by Gasteiger charge is 2.38. The third kappa shape index (κ3) is 2.44. The van der Waals surface area contributed by atoms with E-state index in [-0.39, 0.29) is 17.1 Å². The number of aryl methyl sites for hydroxylation is 2. The Morgan fingerprint density at radius 2 is 2.16 bits per heavy atom. The van der Waals surface area contributed by atoms with Crippen molar-refractivity contribution in [3.8, 4) is 0 Å². The van der Waals surface area contributed by atoms with Crippen LogP contribution in [0, 0.1) is 6.92 Å². The molecule has 0 aliphatic rings. The normalized spacial score (nSPS) is 11.6. The van der Waals surface area contributed by atoms with Gasteiger partial charge in [-0.3, -0.25) is 14.6 Å². The maximum atomic E-state index is 12.7. The lowest BCUT2D eigenvalue weighted by atomic mass is 10.2. The maximum Gasteiger partial charge on any atom is 0.437 e. The zero-order valence-electron chi connectivity index (χ0n) is 10.0. The van der Waals surface area contributed by atoms with Crippen molar-refractivity contribution in [3.05, 3.63) is 29.3 Å². The van der Waals surface area contributed by atoms with Crippen LogP contribution in [-0.2, 0) is 13.2 Å². The number of carbonyl (C=O) groups excluding carboxylic acids is 1. The predicted molar refractivity (Wildman–Crippen MR) is 59.5 cm³/mol. The van der Waals surface area contributed by atoms with E-state index in [2.05, 4.69) is 20.6 Å². The van der Waals surface area contributed by atoms with Crippen LogP contribution >= 0.6 is 0 Å². The topological polar surface area (TPSA) is 75.6 Å². The van der Waals surface area contributed by atoms with Gasteiger partial charge >= 0.3 is 6.18 Å². The summed E-state index contributed by atoms with van der Waals surface area (Å²) < 4.78 is 39.3. The number of halogens is 3. The number of hydrogen-bond donors (Lipinski definition) is 2. The molecule has 0 spiro atoms. The van der Waals surface area contributed by atoms with E-state index < -0.39 is 17.8 Å². The minimum absolute atomic E-state index is 0.128. The minimum Gasteiger partial charge on any atom is -0.317 e. The molecule has 0 saturated carbocycles. The van der Waals surface area contributed by atoms with Crippen LogP contribution in [0.3, 0.4) is 0 Å². The number of alkyl halides is 3. The molecule has 9 heteroatoms. The second-order valence-corrected chi connectivity index (χ2v) is 3.86. The number of nitrogens with one attached hydrogen (secondary N) is 2. The SMILES string of the molecule is Cc1[nH]nc(C(F)(F)F)c1NC(=O)c1ccnn1C.